The van der Waals surface area contributed by atoms with Gasteiger partial charge in [0.25, 0.3) is 0 Å². The number of azide groups is 1. The average molecular weight is 402 g/mol. The molecule has 2 aliphatic rings. The van der Waals surface area contributed by atoms with Crippen molar-refractivity contribution in [3.05, 3.63) is 10.4 Å². The minimum atomic E-state index is -2.28. The highest BCUT2D eigenvalue weighted by Gasteiger charge is 2.56. The summed E-state index contributed by atoms with van der Waals surface area (Å²) in [6.45, 7) is 14.3. The Hall–Kier alpha value is -1.16. The van der Waals surface area contributed by atoms with Gasteiger partial charge in [0, 0.05) is 4.91 Å². The number of carbonyl (C=O) groups excluding carboxylic acids is 1. The smallest absolute Gasteiger partial charge is 0.337 e. The maximum absolute atomic E-state index is 12.4. The predicted octanol–water partition coefficient (Wildman–Crippen LogP) is 3.15. The number of nitrogens with zero attached hydrogens (tertiary/aromatic N) is 3. The Morgan fingerprint density at radius 2 is 1.96 bits per heavy atom. The number of methoxy groups -OCH3 is 1. The van der Waals surface area contributed by atoms with Gasteiger partial charge in [0.1, 0.15) is 6.10 Å². The molecular weight excluding hydrogens is 370 g/mol. The zero-order chi connectivity index (χ0) is 20.6. The molecule has 0 aromatic heterocycles. The van der Waals surface area contributed by atoms with Crippen molar-refractivity contribution < 1.29 is 28.2 Å². The highest BCUT2D eigenvalue weighted by atomic mass is 28.4. The van der Waals surface area contributed by atoms with Crippen molar-refractivity contribution in [1.29, 1.82) is 0 Å². The fourth-order valence-electron chi connectivity index (χ4n) is 3.02. The summed E-state index contributed by atoms with van der Waals surface area (Å²) in [6, 6.07) is -0.726. The molecule has 0 radical (unpaired) electrons. The molecule has 0 aromatic rings. The molecule has 0 amide bonds. The number of rotatable bonds is 5. The van der Waals surface area contributed by atoms with E-state index < -0.39 is 50.5 Å². The van der Waals surface area contributed by atoms with E-state index in [1.54, 1.807) is 13.8 Å². The maximum Gasteiger partial charge on any atom is 0.337 e. The molecule has 0 unspecified atom stereocenters. The topological polar surface area (TPSA) is 112 Å². The lowest BCUT2D eigenvalue weighted by atomic mass is 10.0. The lowest BCUT2D eigenvalue weighted by Crippen LogP contribution is -2.51. The van der Waals surface area contributed by atoms with E-state index in [-0.39, 0.29) is 11.6 Å². The largest absolute Gasteiger partial charge is 0.467 e. The van der Waals surface area contributed by atoms with Gasteiger partial charge in [0.15, 0.2) is 20.2 Å². The van der Waals surface area contributed by atoms with Crippen LogP contribution in [0.1, 0.15) is 34.6 Å². The molecule has 2 heterocycles. The van der Waals surface area contributed by atoms with Crippen LogP contribution in [-0.2, 0) is 28.2 Å². The van der Waals surface area contributed by atoms with Crippen LogP contribution in [0.4, 0.5) is 0 Å². The summed E-state index contributed by atoms with van der Waals surface area (Å²) in [6.07, 6.45) is -2.87. The first-order valence-corrected chi connectivity index (χ1v) is 12.0. The number of esters is 1. The number of carbonyl (C=O) groups is 1. The van der Waals surface area contributed by atoms with Crippen molar-refractivity contribution >= 4 is 14.3 Å². The fourth-order valence-corrected chi connectivity index (χ4v) is 4.32. The molecule has 2 aliphatic heterocycles. The van der Waals surface area contributed by atoms with Gasteiger partial charge in [-0.1, -0.05) is 25.9 Å². The van der Waals surface area contributed by atoms with Crippen LogP contribution in [0.5, 0.6) is 0 Å². The van der Waals surface area contributed by atoms with Crippen molar-refractivity contribution in [3.8, 4) is 0 Å². The van der Waals surface area contributed by atoms with E-state index in [0.29, 0.717) is 0 Å². The Labute approximate surface area is 161 Å². The Kier molecular flexibility index (Phi) is 6.30. The summed E-state index contributed by atoms with van der Waals surface area (Å²) in [5.41, 5.74) is 9.12. The van der Waals surface area contributed by atoms with Crippen LogP contribution < -0.4 is 0 Å². The average Bonchev–Trinajstić information content (AvgIpc) is 3.06. The number of hydrogen-bond acceptors (Lipinski definition) is 7. The molecule has 5 atom stereocenters. The molecule has 27 heavy (non-hydrogen) atoms. The lowest BCUT2D eigenvalue weighted by molar-refractivity contribution is -0.167. The first-order valence-electron chi connectivity index (χ1n) is 9.10. The molecule has 0 bridgehead atoms. The van der Waals surface area contributed by atoms with Crippen molar-refractivity contribution in [3.63, 3.8) is 0 Å². The number of hydrogen-bond donors (Lipinski definition) is 0. The van der Waals surface area contributed by atoms with Crippen LogP contribution in [0.15, 0.2) is 5.11 Å². The first kappa shape index (κ1) is 22.1. The van der Waals surface area contributed by atoms with E-state index in [4.69, 9.17) is 28.9 Å². The summed E-state index contributed by atoms with van der Waals surface area (Å²) >= 11 is 0. The zero-order valence-electron chi connectivity index (χ0n) is 17.4. The van der Waals surface area contributed by atoms with Crippen LogP contribution in [0.3, 0.4) is 0 Å². The molecule has 0 spiro atoms. The summed E-state index contributed by atoms with van der Waals surface area (Å²) in [5, 5.41) is 3.83. The van der Waals surface area contributed by atoms with E-state index in [2.05, 4.69) is 43.9 Å². The molecule has 2 rings (SSSR count). The second kappa shape index (κ2) is 7.69. The number of ether oxygens (including phenoxy) is 4. The monoisotopic (exact) mass is 401 g/mol. The Morgan fingerprint density at radius 1 is 1.33 bits per heavy atom. The van der Waals surface area contributed by atoms with Gasteiger partial charge in [0.2, 0.25) is 0 Å². The van der Waals surface area contributed by atoms with Gasteiger partial charge in [-0.05, 0) is 37.5 Å². The van der Waals surface area contributed by atoms with Gasteiger partial charge in [-0.3, -0.25) is 0 Å². The highest BCUT2D eigenvalue weighted by molar-refractivity contribution is 6.74. The van der Waals surface area contributed by atoms with Crippen LogP contribution >= 0.6 is 0 Å². The molecule has 9 nitrogen and oxygen atoms in total. The van der Waals surface area contributed by atoms with E-state index in [1.807, 2.05) is 0 Å². The molecule has 0 aliphatic carbocycles. The van der Waals surface area contributed by atoms with E-state index in [0.717, 1.165) is 0 Å². The molecule has 2 saturated heterocycles. The van der Waals surface area contributed by atoms with Crippen LogP contribution in [-0.4, -0.2) is 64.2 Å². The van der Waals surface area contributed by atoms with Crippen LogP contribution in [0.2, 0.25) is 18.1 Å². The summed E-state index contributed by atoms with van der Waals surface area (Å²) < 4.78 is 28.9. The van der Waals surface area contributed by atoms with Gasteiger partial charge < -0.3 is 23.4 Å². The molecule has 10 heteroatoms. The highest BCUT2D eigenvalue weighted by Crippen LogP contribution is 2.42. The maximum atomic E-state index is 12.4. The summed E-state index contributed by atoms with van der Waals surface area (Å²) in [7, 11) is -0.987. The van der Waals surface area contributed by atoms with E-state index in [1.165, 1.54) is 7.11 Å². The minimum Gasteiger partial charge on any atom is -0.467 e. The van der Waals surface area contributed by atoms with Gasteiger partial charge in [0.05, 0.1) is 32.0 Å². The molecule has 0 N–H and O–H groups in total. The molecule has 0 aromatic carbocycles. The second-order valence-electron chi connectivity index (χ2n) is 8.95. The quantitative estimate of drug-likeness (QED) is 0.230. The first-order chi connectivity index (χ1) is 12.3. The minimum absolute atomic E-state index is 0.0956. The van der Waals surface area contributed by atoms with Gasteiger partial charge >= 0.3 is 5.97 Å². The van der Waals surface area contributed by atoms with E-state index in [9.17, 15) is 4.79 Å². The summed E-state index contributed by atoms with van der Waals surface area (Å²) in [4.78, 5) is 15.3. The fraction of sp³-hybridized carbons (Fsp3) is 0.941. The second-order valence-corrected chi connectivity index (χ2v) is 13.7. The van der Waals surface area contributed by atoms with Crippen molar-refractivity contribution in [2.45, 2.75) is 89.0 Å². The van der Waals surface area contributed by atoms with E-state index >= 15 is 0 Å². The molecular formula is C17H31N3O6Si. The zero-order valence-corrected chi connectivity index (χ0v) is 18.4. The third kappa shape index (κ3) is 4.64. The van der Waals surface area contributed by atoms with Gasteiger partial charge in [-0.25, -0.2) is 4.79 Å². The third-order valence-electron chi connectivity index (χ3n) is 5.53. The van der Waals surface area contributed by atoms with Crippen molar-refractivity contribution in [2.75, 3.05) is 13.7 Å². The van der Waals surface area contributed by atoms with Gasteiger partial charge in [-0.2, -0.15) is 0 Å². The Bertz CT molecular complexity index is 614. The normalized spacial score (nSPS) is 33.6. The van der Waals surface area contributed by atoms with Crippen molar-refractivity contribution in [1.82, 2.24) is 0 Å². The van der Waals surface area contributed by atoms with Crippen LogP contribution in [0, 0.1) is 0 Å². The molecule has 154 valence electrons. The summed E-state index contributed by atoms with van der Waals surface area (Å²) in [5.74, 6) is -1.33. The Morgan fingerprint density at radius 3 is 2.41 bits per heavy atom. The Balaban J connectivity index is 2.37. The lowest BCUT2D eigenvalue weighted by Gasteiger charge is -2.40. The SMILES string of the molecule is COC(=O)[C@@H]1O[C@H]([C@H]2COC(C)(C)O2)[C@@H](N=[N+]=[N-])[C@H]1O[Si](C)(C)C(C)(C)C. The van der Waals surface area contributed by atoms with Gasteiger partial charge in [-0.15, -0.1) is 0 Å². The molecule has 2 fully saturated rings. The van der Waals surface area contributed by atoms with Crippen molar-refractivity contribution in [2.24, 2.45) is 5.11 Å². The molecule has 0 saturated carbocycles. The standard InChI is InChI=1S/C17H31N3O6Si/c1-16(2,3)27(7,8)26-13-11(19-20-18)12(24-14(13)15(21)22-6)10-9-23-17(4,5)25-10/h10-14H,9H2,1-8H3/t10-,11-,12-,13-,14-/m1/s1. The third-order valence-corrected chi connectivity index (χ3v) is 10.0. The predicted molar refractivity (Wildman–Crippen MR) is 101 cm³/mol. The van der Waals surface area contributed by atoms with Crippen LogP contribution in [0.25, 0.3) is 10.4 Å².